The Morgan fingerprint density at radius 1 is 0.421 bits per heavy atom. The van der Waals surface area contributed by atoms with E-state index in [1.165, 1.54) is 0 Å². The second-order valence-corrected chi connectivity index (χ2v) is 11.9. The largest absolute Gasteiger partial charge is 0.493 e. The van der Waals surface area contributed by atoms with Crippen molar-refractivity contribution in [2.45, 2.75) is 65.3 Å². The maximum absolute atomic E-state index is 10.2. The molecule has 6 nitrogen and oxygen atoms in total. The summed E-state index contributed by atoms with van der Waals surface area (Å²) in [7, 11) is 0. The summed E-state index contributed by atoms with van der Waals surface area (Å²) in [5.41, 5.74) is -0.850. The first-order chi connectivity index (χ1) is 17.6. The summed E-state index contributed by atoms with van der Waals surface area (Å²) >= 11 is 0. The third-order valence-corrected chi connectivity index (χ3v) is 6.44. The third-order valence-electron chi connectivity index (χ3n) is 6.44. The highest BCUT2D eigenvalue weighted by molar-refractivity contribution is 5.32. The van der Waals surface area contributed by atoms with E-state index in [-0.39, 0.29) is 0 Å². The molecule has 3 rings (SSSR count). The summed E-state index contributed by atoms with van der Waals surface area (Å²) in [5, 5.41) is 30.7. The van der Waals surface area contributed by atoms with Crippen molar-refractivity contribution in [1.29, 1.82) is 0 Å². The smallest absolute Gasteiger partial charge is 0.119 e. The Labute approximate surface area is 226 Å². The molecule has 0 amide bonds. The van der Waals surface area contributed by atoms with Crippen molar-refractivity contribution >= 4 is 0 Å². The average molecular weight is 523 g/mol. The number of rotatable bonds is 12. The lowest BCUT2D eigenvalue weighted by molar-refractivity contribution is 0.0470. The van der Waals surface area contributed by atoms with Gasteiger partial charge in [-0.25, -0.2) is 0 Å². The first kappa shape index (κ1) is 29.5. The van der Waals surface area contributed by atoms with Crippen LogP contribution in [0.25, 0.3) is 0 Å². The van der Waals surface area contributed by atoms with E-state index in [0.29, 0.717) is 37.1 Å². The predicted octanol–water partition coefficient (Wildman–Crippen LogP) is 5.91. The van der Waals surface area contributed by atoms with Gasteiger partial charge in [-0.2, -0.15) is 0 Å². The molecule has 0 atom stereocenters. The third kappa shape index (κ3) is 8.48. The molecule has 206 valence electrons. The van der Waals surface area contributed by atoms with E-state index >= 15 is 0 Å². The maximum Gasteiger partial charge on any atom is 0.119 e. The molecular weight excluding hydrogens is 480 g/mol. The van der Waals surface area contributed by atoms with Crippen LogP contribution in [0.1, 0.15) is 65.2 Å². The lowest BCUT2D eigenvalue weighted by atomic mass is 9.93. The van der Waals surface area contributed by atoms with Gasteiger partial charge in [0.15, 0.2) is 0 Å². The zero-order chi connectivity index (χ0) is 28.2. The minimum Gasteiger partial charge on any atom is -0.493 e. The molecule has 0 radical (unpaired) electrons. The zero-order valence-electron chi connectivity index (χ0n) is 23.6. The summed E-state index contributed by atoms with van der Waals surface area (Å²) in [6, 6.07) is 22.2. The van der Waals surface area contributed by atoms with E-state index in [2.05, 4.69) is 0 Å². The van der Waals surface area contributed by atoms with Crippen LogP contribution in [0.3, 0.4) is 0 Å². The molecule has 0 saturated heterocycles. The van der Waals surface area contributed by atoms with Gasteiger partial charge in [-0.1, -0.05) is 36.4 Å². The quantitative estimate of drug-likeness (QED) is 0.274. The monoisotopic (exact) mass is 522 g/mol. The highest BCUT2D eigenvalue weighted by Crippen LogP contribution is 2.28. The maximum atomic E-state index is 10.2. The standard InChI is InChI=1S/C32H42O6/c1-29(2,33)23-8-14-26(15-9-23)36-20-32(7,21-37-27-16-10-24(11-17-27)30(3,4)34)22-38-28-18-12-25(13-19-28)31(5,6)35/h8-19,33-35H,20-22H2,1-7H3. The van der Waals surface area contributed by atoms with Gasteiger partial charge in [0.05, 0.1) is 22.2 Å². The summed E-state index contributed by atoms with van der Waals surface area (Å²) < 4.78 is 18.4. The lowest BCUT2D eigenvalue weighted by Gasteiger charge is -2.30. The molecule has 0 fully saturated rings. The Bertz CT molecular complexity index is 997. The molecule has 3 aromatic rings. The molecular formula is C32H42O6. The van der Waals surface area contributed by atoms with Gasteiger partial charge in [-0.05, 0) is 102 Å². The highest BCUT2D eigenvalue weighted by Gasteiger charge is 2.29. The fraction of sp³-hybridized carbons (Fsp3) is 0.438. The Morgan fingerprint density at radius 3 is 0.816 bits per heavy atom. The molecule has 0 aromatic heterocycles. The number of aliphatic hydroxyl groups is 3. The van der Waals surface area contributed by atoms with Gasteiger partial charge in [0, 0.05) is 0 Å². The normalized spacial score (nSPS) is 12.8. The van der Waals surface area contributed by atoms with Gasteiger partial charge >= 0.3 is 0 Å². The number of hydrogen-bond donors (Lipinski definition) is 3. The second kappa shape index (κ2) is 11.4. The number of benzene rings is 3. The van der Waals surface area contributed by atoms with Gasteiger partial charge in [-0.3, -0.25) is 0 Å². The number of hydrogen-bond acceptors (Lipinski definition) is 6. The van der Waals surface area contributed by atoms with E-state index in [9.17, 15) is 15.3 Å². The van der Waals surface area contributed by atoms with Gasteiger partial charge in [0.25, 0.3) is 0 Å². The summed E-state index contributed by atoms with van der Waals surface area (Å²) in [4.78, 5) is 0. The molecule has 0 heterocycles. The highest BCUT2D eigenvalue weighted by atomic mass is 16.5. The van der Waals surface area contributed by atoms with Crippen LogP contribution in [0.2, 0.25) is 0 Å². The fourth-order valence-corrected chi connectivity index (χ4v) is 3.77. The van der Waals surface area contributed by atoms with E-state index in [0.717, 1.165) is 16.7 Å². The Kier molecular flexibility index (Phi) is 8.82. The van der Waals surface area contributed by atoms with Crippen molar-refractivity contribution in [1.82, 2.24) is 0 Å². The topological polar surface area (TPSA) is 88.4 Å². The molecule has 0 aliphatic carbocycles. The van der Waals surface area contributed by atoms with Crippen molar-refractivity contribution in [2.75, 3.05) is 19.8 Å². The Balaban J connectivity index is 1.72. The van der Waals surface area contributed by atoms with Gasteiger partial charge in [0.1, 0.15) is 37.1 Å². The van der Waals surface area contributed by atoms with Crippen LogP contribution in [0.4, 0.5) is 0 Å². The van der Waals surface area contributed by atoms with E-state index in [1.54, 1.807) is 41.5 Å². The van der Waals surface area contributed by atoms with Gasteiger partial charge in [0.2, 0.25) is 0 Å². The molecule has 0 aliphatic rings. The van der Waals surface area contributed by atoms with Gasteiger partial charge < -0.3 is 29.5 Å². The molecule has 3 aromatic carbocycles. The van der Waals surface area contributed by atoms with Gasteiger partial charge in [-0.15, -0.1) is 0 Å². The van der Waals surface area contributed by atoms with Crippen molar-refractivity contribution in [2.24, 2.45) is 5.41 Å². The molecule has 0 aliphatic heterocycles. The SMILES string of the molecule is CC(COc1ccc(C(C)(C)O)cc1)(COc1ccc(C(C)(C)O)cc1)COc1ccc(C(C)(C)O)cc1. The van der Waals surface area contributed by atoms with Crippen LogP contribution in [0.15, 0.2) is 72.8 Å². The number of ether oxygens (including phenoxy) is 3. The fourth-order valence-electron chi connectivity index (χ4n) is 3.77. The van der Waals surface area contributed by atoms with Crippen LogP contribution < -0.4 is 14.2 Å². The van der Waals surface area contributed by atoms with Crippen LogP contribution in [0, 0.1) is 5.41 Å². The predicted molar refractivity (Wildman–Crippen MR) is 150 cm³/mol. The minimum absolute atomic E-state index is 0.332. The van der Waals surface area contributed by atoms with Crippen molar-refractivity contribution in [3.05, 3.63) is 89.5 Å². The molecule has 38 heavy (non-hydrogen) atoms. The molecule has 0 spiro atoms. The van der Waals surface area contributed by atoms with Crippen LogP contribution in [-0.2, 0) is 16.8 Å². The molecule has 0 saturated carbocycles. The summed E-state index contributed by atoms with van der Waals surface area (Å²) in [5.74, 6) is 2.06. The van der Waals surface area contributed by atoms with Crippen molar-refractivity contribution < 1.29 is 29.5 Å². The lowest BCUT2D eigenvalue weighted by Crippen LogP contribution is -2.38. The first-order valence-corrected chi connectivity index (χ1v) is 12.9. The molecule has 6 heteroatoms. The Morgan fingerprint density at radius 2 is 0.632 bits per heavy atom. The zero-order valence-corrected chi connectivity index (χ0v) is 23.6. The van der Waals surface area contributed by atoms with E-state index < -0.39 is 22.2 Å². The van der Waals surface area contributed by atoms with E-state index in [1.807, 2.05) is 79.7 Å². The minimum atomic E-state index is -0.920. The molecule has 3 N–H and O–H groups in total. The van der Waals surface area contributed by atoms with Crippen LogP contribution >= 0.6 is 0 Å². The van der Waals surface area contributed by atoms with Crippen molar-refractivity contribution in [3.8, 4) is 17.2 Å². The average Bonchev–Trinajstić information content (AvgIpc) is 2.84. The summed E-state index contributed by atoms with van der Waals surface area (Å²) in [6.07, 6.45) is 0. The molecule has 0 unspecified atom stereocenters. The summed E-state index contributed by atoms with van der Waals surface area (Å²) in [6.45, 7) is 13.5. The van der Waals surface area contributed by atoms with Crippen molar-refractivity contribution in [3.63, 3.8) is 0 Å². The van der Waals surface area contributed by atoms with Crippen LogP contribution in [0.5, 0.6) is 17.2 Å². The molecule has 0 bridgehead atoms. The van der Waals surface area contributed by atoms with Crippen LogP contribution in [-0.4, -0.2) is 35.1 Å². The first-order valence-electron chi connectivity index (χ1n) is 12.9. The Hall–Kier alpha value is -3.06. The second-order valence-electron chi connectivity index (χ2n) is 11.9. The van der Waals surface area contributed by atoms with E-state index in [4.69, 9.17) is 14.2 Å².